The normalized spacial score (nSPS) is 12.9. The molecular formula is C30H43O3P. The van der Waals surface area contributed by atoms with Gasteiger partial charge in [-0.15, -0.1) is 0 Å². The number of carbonyl (C=O) groups excluding carboxylic acids is 2. The van der Waals surface area contributed by atoms with E-state index in [0.717, 1.165) is 33.4 Å². The van der Waals surface area contributed by atoms with E-state index in [2.05, 4.69) is 41.5 Å². The Morgan fingerprint density at radius 2 is 0.941 bits per heavy atom. The Bertz CT molecular complexity index is 1040. The third-order valence-electron chi connectivity index (χ3n) is 6.50. The highest BCUT2D eigenvalue weighted by atomic mass is 31.2. The van der Waals surface area contributed by atoms with E-state index in [1.807, 2.05) is 65.8 Å². The molecule has 0 amide bonds. The number of benzene rings is 2. The summed E-state index contributed by atoms with van der Waals surface area (Å²) >= 11 is 0. The summed E-state index contributed by atoms with van der Waals surface area (Å²) in [5.41, 5.74) is 5.09. The van der Waals surface area contributed by atoms with Crippen LogP contribution in [0.4, 0.5) is 0 Å². The third-order valence-corrected chi connectivity index (χ3v) is 9.51. The lowest BCUT2D eigenvalue weighted by Crippen LogP contribution is -2.21. The van der Waals surface area contributed by atoms with Crippen molar-refractivity contribution in [2.45, 2.75) is 93.9 Å². The molecule has 2 aromatic rings. The molecule has 0 N–H and O–H groups in total. The molecule has 4 heteroatoms. The average molecular weight is 483 g/mol. The van der Waals surface area contributed by atoms with Gasteiger partial charge < -0.3 is 4.57 Å². The topological polar surface area (TPSA) is 51.2 Å². The van der Waals surface area contributed by atoms with Crippen molar-refractivity contribution in [2.24, 2.45) is 5.92 Å². The molecular weight excluding hydrogens is 439 g/mol. The van der Waals surface area contributed by atoms with Crippen LogP contribution in [0.25, 0.3) is 0 Å². The zero-order valence-electron chi connectivity index (χ0n) is 23.3. The molecule has 0 radical (unpaired) electrons. The zero-order valence-corrected chi connectivity index (χ0v) is 24.2. The molecule has 34 heavy (non-hydrogen) atoms. The van der Waals surface area contributed by atoms with Gasteiger partial charge in [-0.25, -0.2) is 0 Å². The highest BCUT2D eigenvalue weighted by Crippen LogP contribution is 2.55. The molecule has 0 saturated carbocycles. The minimum absolute atomic E-state index is 0.0531. The Morgan fingerprint density at radius 1 is 0.676 bits per heavy atom. The molecule has 2 aromatic carbocycles. The van der Waals surface area contributed by atoms with Crippen LogP contribution in [0.15, 0.2) is 24.3 Å². The van der Waals surface area contributed by atoms with Crippen LogP contribution < -0.4 is 0 Å². The van der Waals surface area contributed by atoms with Crippen molar-refractivity contribution in [1.82, 2.24) is 0 Å². The second kappa shape index (κ2) is 9.57. The highest BCUT2D eigenvalue weighted by molar-refractivity contribution is 7.95. The Hall–Kier alpha value is -1.99. The summed E-state index contributed by atoms with van der Waals surface area (Å²) in [4.78, 5) is 28.0. The molecule has 0 aliphatic heterocycles. The Labute approximate surface area is 207 Å². The van der Waals surface area contributed by atoms with E-state index in [1.54, 1.807) is 0 Å². The molecule has 0 fully saturated rings. The smallest absolute Gasteiger partial charge is 0.229 e. The SMILES string of the molecule is Cc1cc(C(C)(C)C)cc(C)c1C(=O)P(=O)(CC(C)C)C(=O)c1c(C)cc(C(C)(C)C)cc1C. The number of rotatable bonds is 6. The van der Waals surface area contributed by atoms with Crippen molar-refractivity contribution in [3.8, 4) is 0 Å². The van der Waals surface area contributed by atoms with Crippen LogP contribution >= 0.6 is 7.14 Å². The van der Waals surface area contributed by atoms with Crippen LogP contribution in [0, 0.1) is 33.6 Å². The van der Waals surface area contributed by atoms with E-state index in [1.165, 1.54) is 0 Å². The Balaban J connectivity index is 2.72. The second-order valence-corrected chi connectivity index (χ2v) is 15.1. The lowest BCUT2D eigenvalue weighted by Gasteiger charge is -2.26. The lowest BCUT2D eigenvalue weighted by molar-refractivity contribution is 0.103. The van der Waals surface area contributed by atoms with Gasteiger partial charge in [0.1, 0.15) is 0 Å². The fourth-order valence-corrected chi connectivity index (χ4v) is 7.57. The summed E-state index contributed by atoms with van der Waals surface area (Å²) in [6.45, 7) is 24.1. The lowest BCUT2D eigenvalue weighted by atomic mass is 9.84. The number of aryl methyl sites for hydroxylation is 4. The first-order valence-corrected chi connectivity index (χ1v) is 14.1. The maximum absolute atomic E-state index is 14.5. The van der Waals surface area contributed by atoms with Crippen molar-refractivity contribution in [3.05, 3.63) is 68.8 Å². The van der Waals surface area contributed by atoms with Gasteiger partial charge >= 0.3 is 0 Å². The number of carbonyl (C=O) groups is 2. The van der Waals surface area contributed by atoms with E-state index >= 15 is 0 Å². The fraction of sp³-hybridized carbons (Fsp3) is 0.533. The van der Waals surface area contributed by atoms with Crippen LogP contribution in [-0.2, 0) is 15.4 Å². The van der Waals surface area contributed by atoms with Gasteiger partial charge in [-0.1, -0.05) is 79.7 Å². The van der Waals surface area contributed by atoms with Gasteiger partial charge in [0.2, 0.25) is 18.2 Å². The van der Waals surface area contributed by atoms with Crippen molar-refractivity contribution in [1.29, 1.82) is 0 Å². The molecule has 2 rings (SSSR count). The van der Waals surface area contributed by atoms with Crippen molar-refractivity contribution in [2.75, 3.05) is 6.16 Å². The quantitative estimate of drug-likeness (QED) is 0.388. The predicted octanol–water partition coefficient (Wildman–Crippen LogP) is 8.51. The van der Waals surface area contributed by atoms with E-state index in [4.69, 9.17) is 0 Å². The van der Waals surface area contributed by atoms with Gasteiger partial charge in [0, 0.05) is 17.3 Å². The zero-order chi connectivity index (χ0) is 26.4. The van der Waals surface area contributed by atoms with Crippen LogP contribution in [0.1, 0.15) is 109 Å². The molecule has 0 atom stereocenters. The summed E-state index contributed by atoms with van der Waals surface area (Å²) in [6.07, 6.45) is 0.0739. The first-order chi connectivity index (χ1) is 15.3. The summed E-state index contributed by atoms with van der Waals surface area (Å²) < 4.78 is 14.5. The van der Waals surface area contributed by atoms with Gasteiger partial charge in [0.05, 0.1) is 0 Å². The maximum atomic E-state index is 14.5. The van der Waals surface area contributed by atoms with Gasteiger partial charge in [-0.3, -0.25) is 9.59 Å². The molecule has 0 aliphatic carbocycles. The second-order valence-electron chi connectivity index (χ2n) is 12.4. The average Bonchev–Trinajstić information content (AvgIpc) is 2.64. The molecule has 0 heterocycles. The van der Waals surface area contributed by atoms with Crippen LogP contribution in [-0.4, -0.2) is 17.2 Å². The molecule has 3 nitrogen and oxygen atoms in total. The van der Waals surface area contributed by atoms with E-state index in [0.29, 0.717) is 11.1 Å². The molecule has 0 bridgehead atoms. The van der Waals surface area contributed by atoms with Crippen LogP contribution in [0.2, 0.25) is 0 Å². The van der Waals surface area contributed by atoms with E-state index in [-0.39, 0.29) is 22.9 Å². The first-order valence-electron chi connectivity index (χ1n) is 12.2. The predicted molar refractivity (Wildman–Crippen MR) is 145 cm³/mol. The van der Waals surface area contributed by atoms with Gasteiger partial charge in [-0.05, 0) is 77.8 Å². The summed E-state index contributed by atoms with van der Waals surface area (Å²) in [7, 11) is -3.90. The van der Waals surface area contributed by atoms with E-state index in [9.17, 15) is 14.2 Å². The number of hydrogen-bond acceptors (Lipinski definition) is 3. The molecule has 186 valence electrons. The molecule has 0 unspecified atom stereocenters. The van der Waals surface area contributed by atoms with Crippen LogP contribution in [0.5, 0.6) is 0 Å². The van der Waals surface area contributed by atoms with Crippen LogP contribution in [0.3, 0.4) is 0 Å². The summed E-state index contributed by atoms with van der Waals surface area (Å²) in [5, 5.41) is 0. The molecule has 0 aliphatic rings. The standard InChI is InChI=1S/C30H43O3P/c1-18(2)17-34(33,27(31)25-19(3)13-23(14-20(25)4)29(7,8)9)28(32)26-21(5)15-24(16-22(26)6)30(10,11)12/h13-16,18H,17H2,1-12H3. The first kappa shape index (κ1) is 28.2. The Kier molecular flexibility index (Phi) is 7.95. The Morgan fingerprint density at radius 3 is 1.15 bits per heavy atom. The largest absolute Gasteiger partial charge is 0.307 e. The minimum Gasteiger partial charge on any atom is -0.307 e. The summed E-state index contributed by atoms with van der Waals surface area (Å²) in [6, 6.07) is 8.00. The molecule has 0 aromatic heterocycles. The van der Waals surface area contributed by atoms with Gasteiger partial charge in [-0.2, -0.15) is 0 Å². The van der Waals surface area contributed by atoms with Gasteiger partial charge in [0.15, 0.2) is 0 Å². The van der Waals surface area contributed by atoms with Crippen molar-refractivity contribution < 1.29 is 14.2 Å². The van der Waals surface area contributed by atoms with Crippen molar-refractivity contribution in [3.63, 3.8) is 0 Å². The van der Waals surface area contributed by atoms with Crippen molar-refractivity contribution >= 4 is 18.2 Å². The monoisotopic (exact) mass is 482 g/mol. The third kappa shape index (κ3) is 5.62. The molecule has 0 saturated heterocycles. The molecule has 0 spiro atoms. The van der Waals surface area contributed by atoms with Gasteiger partial charge in [0.25, 0.3) is 0 Å². The highest BCUT2D eigenvalue weighted by Gasteiger charge is 2.43. The summed E-state index contributed by atoms with van der Waals surface area (Å²) in [5.74, 6) is -0.0531. The number of hydrogen-bond donors (Lipinski definition) is 0. The fourth-order valence-electron chi connectivity index (χ4n) is 4.60. The minimum atomic E-state index is -3.90. The maximum Gasteiger partial charge on any atom is 0.229 e. The van der Waals surface area contributed by atoms with E-state index < -0.39 is 18.2 Å².